The first-order valence-corrected chi connectivity index (χ1v) is 9.66. The van der Waals surface area contributed by atoms with Crippen molar-refractivity contribution >= 4 is 17.7 Å². The van der Waals surface area contributed by atoms with E-state index in [0.29, 0.717) is 5.75 Å². The molecule has 2 rings (SSSR count). The minimum Gasteiger partial charge on any atom is -0.381 e. The molecule has 0 radical (unpaired) electrons. The maximum absolute atomic E-state index is 12.3. The van der Waals surface area contributed by atoms with Crippen molar-refractivity contribution in [2.45, 2.75) is 52.3 Å². The van der Waals surface area contributed by atoms with Crippen molar-refractivity contribution in [1.29, 1.82) is 0 Å². The molecule has 0 aliphatic carbocycles. The lowest BCUT2D eigenvalue weighted by Crippen LogP contribution is -2.30. The predicted octanol–water partition coefficient (Wildman–Crippen LogP) is 4.39. The average molecular weight is 336 g/mol. The second-order valence-corrected chi connectivity index (χ2v) is 7.45. The molecule has 1 aromatic carbocycles. The van der Waals surface area contributed by atoms with E-state index in [-0.39, 0.29) is 11.3 Å². The van der Waals surface area contributed by atoms with Crippen molar-refractivity contribution in [2.24, 2.45) is 0 Å². The highest BCUT2D eigenvalue weighted by atomic mass is 32.2. The van der Waals surface area contributed by atoms with E-state index < -0.39 is 0 Å². The number of ether oxygens (including phenoxy) is 1. The van der Waals surface area contributed by atoms with Crippen molar-refractivity contribution < 1.29 is 9.53 Å². The summed E-state index contributed by atoms with van der Waals surface area (Å²) in [6.07, 6.45) is 3.19. The highest BCUT2D eigenvalue weighted by Crippen LogP contribution is 2.41. The Bertz CT molecular complexity index is 521. The van der Waals surface area contributed by atoms with Gasteiger partial charge < -0.3 is 9.64 Å². The van der Waals surface area contributed by atoms with E-state index in [1.807, 2.05) is 4.90 Å². The molecule has 0 N–H and O–H groups in total. The average Bonchev–Trinajstić information content (AvgIpc) is 2.83. The number of thioether (sulfide) groups is 1. The number of benzene rings is 1. The molecule has 1 amide bonds. The summed E-state index contributed by atoms with van der Waals surface area (Å²) in [7, 11) is 0. The quantitative estimate of drug-likeness (QED) is 0.660. The van der Waals surface area contributed by atoms with Gasteiger partial charge >= 0.3 is 0 Å². The van der Waals surface area contributed by atoms with Crippen LogP contribution in [0.1, 0.15) is 53.8 Å². The summed E-state index contributed by atoms with van der Waals surface area (Å²) in [6, 6.07) is 4.44. The van der Waals surface area contributed by atoms with E-state index in [1.54, 1.807) is 11.8 Å². The van der Waals surface area contributed by atoms with Gasteiger partial charge in [-0.2, -0.15) is 0 Å². The second-order valence-electron chi connectivity index (χ2n) is 6.38. The van der Waals surface area contributed by atoms with Gasteiger partial charge in [0.2, 0.25) is 5.91 Å². The highest BCUT2D eigenvalue weighted by Gasteiger charge is 2.34. The van der Waals surface area contributed by atoms with Crippen LogP contribution in [0.25, 0.3) is 0 Å². The Morgan fingerprint density at radius 3 is 2.48 bits per heavy atom. The molecule has 1 heterocycles. The molecule has 23 heavy (non-hydrogen) atoms. The molecule has 4 heteroatoms. The summed E-state index contributed by atoms with van der Waals surface area (Å²) in [6.45, 7) is 11.0. The van der Waals surface area contributed by atoms with Gasteiger partial charge in [0, 0.05) is 19.8 Å². The SMILES string of the molecule is CCCCOCCCN1C(=O)CSC1c1c(C)cc(C)cc1C. The summed E-state index contributed by atoms with van der Waals surface area (Å²) in [5.41, 5.74) is 5.19. The molecule has 128 valence electrons. The van der Waals surface area contributed by atoms with Crippen LogP contribution in [0.4, 0.5) is 0 Å². The Morgan fingerprint density at radius 2 is 1.83 bits per heavy atom. The number of unbranched alkanes of at least 4 members (excludes halogenated alkanes) is 1. The minimum absolute atomic E-state index is 0.166. The van der Waals surface area contributed by atoms with Crippen molar-refractivity contribution in [3.63, 3.8) is 0 Å². The van der Waals surface area contributed by atoms with Crippen molar-refractivity contribution in [2.75, 3.05) is 25.5 Å². The Kier molecular flexibility index (Phi) is 6.97. The van der Waals surface area contributed by atoms with Crippen LogP contribution in [0.15, 0.2) is 12.1 Å². The van der Waals surface area contributed by atoms with E-state index in [1.165, 1.54) is 22.3 Å². The zero-order valence-electron chi connectivity index (χ0n) is 14.9. The van der Waals surface area contributed by atoms with Gasteiger partial charge in [0.25, 0.3) is 0 Å². The fraction of sp³-hybridized carbons (Fsp3) is 0.632. The Labute approximate surface area is 144 Å². The third-order valence-corrected chi connectivity index (χ3v) is 5.50. The van der Waals surface area contributed by atoms with Crippen LogP contribution >= 0.6 is 11.8 Å². The second kappa shape index (κ2) is 8.74. The maximum Gasteiger partial charge on any atom is 0.233 e. The Balaban J connectivity index is 2.00. The minimum atomic E-state index is 0.166. The van der Waals surface area contributed by atoms with E-state index in [2.05, 4.69) is 39.8 Å². The molecule has 1 aromatic rings. The van der Waals surface area contributed by atoms with Gasteiger partial charge in [0.15, 0.2) is 0 Å². The summed E-state index contributed by atoms with van der Waals surface area (Å²) in [5, 5.41) is 0.166. The standard InChI is InChI=1S/C19H29NO2S/c1-5-6-9-22-10-7-8-20-17(21)13-23-19(20)18-15(3)11-14(2)12-16(18)4/h11-12,19H,5-10,13H2,1-4H3. The third kappa shape index (κ3) is 4.74. The number of hydrogen-bond acceptors (Lipinski definition) is 3. The number of hydrogen-bond donors (Lipinski definition) is 0. The predicted molar refractivity (Wildman–Crippen MR) is 97.9 cm³/mol. The first-order chi connectivity index (χ1) is 11.0. The zero-order chi connectivity index (χ0) is 16.8. The van der Waals surface area contributed by atoms with Gasteiger partial charge in [0.05, 0.1) is 5.75 Å². The number of nitrogens with zero attached hydrogens (tertiary/aromatic N) is 1. The number of carbonyl (C=O) groups is 1. The first-order valence-electron chi connectivity index (χ1n) is 8.61. The lowest BCUT2D eigenvalue weighted by molar-refractivity contribution is -0.128. The van der Waals surface area contributed by atoms with Crippen LogP contribution in [-0.4, -0.2) is 36.3 Å². The Morgan fingerprint density at radius 1 is 1.17 bits per heavy atom. The van der Waals surface area contributed by atoms with Crippen molar-refractivity contribution in [3.05, 3.63) is 34.4 Å². The number of amides is 1. The number of rotatable bonds is 8. The fourth-order valence-electron chi connectivity index (χ4n) is 3.20. The van der Waals surface area contributed by atoms with E-state index in [9.17, 15) is 4.79 Å². The molecule has 0 bridgehead atoms. The largest absolute Gasteiger partial charge is 0.381 e. The van der Waals surface area contributed by atoms with Crippen LogP contribution < -0.4 is 0 Å². The molecular weight excluding hydrogens is 306 g/mol. The molecule has 0 spiro atoms. The van der Waals surface area contributed by atoms with E-state index in [0.717, 1.165) is 39.0 Å². The summed E-state index contributed by atoms with van der Waals surface area (Å²) in [4.78, 5) is 14.3. The summed E-state index contributed by atoms with van der Waals surface area (Å²) in [5.74, 6) is 0.849. The van der Waals surface area contributed by atoms with E-state index >= 15 is 0 Å². The summed E-state index contributed by atoms with van der Waals surface area (Å²) >= 11 is 1.75. The molecular formula is C19H29NO2S. The molecule has 1 saturated heterocycles. The summed E-state index contributed by atoms with van der Waals surface area (Å²) < 4.78 is 5.63. The van der Waals surface area contributed by atoms with E-state index in [4.69, 9.17) is 4.74 Å². The van der Waals surface area contributed by atoms with Gasteiger partial charge in [-0.1, -0.05) is 31.0 Å². The molecule has 1 aliphatic rings. The molecule has 1 aliphatic heterocycles. The molecule has 3 nitrogen and oxygen atoms in total. The maximum atomic E-state index is 12.3. The molecule has 1 fully saturated rings. The Hall–Kier alpha value is -1.00. The topological polar surface area (TPSA) is 29.5 Å². The van der Waals surface area contributed by atoms with Crippen LogP contribution in [0.5, 0.6) is 0 Å². The molecule has 0 aromatic heterocycles. The lowest BCUT2D eigenvalue weighted by atomic mass is 9.99. The molecule has 1 atom stereocenters. The van der Waals surface area contributed by atoms with Crippen molar-refractivity contribution in [3.8, 4) is 0 Å². The monoisotopic (exact) mass is 335 g/mol. The number of aryl methyl sites for hydroxylation is 3. The normalized spacial score (nSPS) is 18.0. The van der Waals surface area contributed by atoms with Gasteiger partial charge in [-0.05, 0) is 50.3 Å². The molecule has 0 saturated carbocycles. The van der Waals surface area contributed by atoms with Crippen LogP contribution in [0, 0.1) is 20.8 Å². The van der Waals surface area contributed by atoms with Gasteiger partial charge in [-0.15, -0.1) is 11.8 Å². The van der Waals surface area contributed by atoms with Gasteiger partial charge in [-0.3, -0.25) is 4.79 Å². The van der Waals surface area contributed by atoms with Crippen molar-refractivity contribution in [1.82, 2.24) is 4.90 Å². The molecule has 1 unspecified atom stereocenters. The van der Waals surface area contributed by atoms with Gasteiger partial charge in [-0.25, -0.2) is 0 Å². The lowest BCUT2D eigenvalue weighted by Gasteiger charge is -2.27. The zero-order valence-corrected chi connectivity index (χ0v) is 15.7. The third-order valence-electron chi connectivity index (χ3n) is 4.28. The number of carbonyl (C=O) groups excluding carboxylic acids is 1. The van der Waals surface area contributed by atoms with Gasteiger partial charge in [0.1, 0.15) is 5.37 Å². The first kappa shape index (κ1) is 18.3. The van der Waals surface area contributed by atoms with Crippen LogP contribution in [0.3, 0.4) is 0 Å². The highest BCUT2D eigenvalue weighted by molar-refractivity contribution is 8.00. The fourth-order valence-corrected chi connectivity index (χ4v) is 4.61. The smallest absolute Gasteiger partial charge is 0.233 e. The van der Waals surface area contributed by atoms with Crippen LogP contribution in [-0.2, 0) is 9.53 Å². The van der Waals surface area contributed by atoms with Crippen LogP contribution in [0.2, 0.25) is 0 Å².